The fourth-order valence-electron chi connectivity index (χ4n) is 2.68. The van der Waals surface area contributed by atoms with Crippen molar-refractivity contribution in [2.45, 2.75) is 26.2 Å². The van der Waals surface area contributed by atoms with Gasteiger partial charge in [0, 0.05) is 24.7 Å². The zero-order chi connectivity index (χ0) is 25.8. The predicted molar refractivity (Wildman–Crippen MR) is 114 cm³/mol. The van der Waals surface area contributed by atoms with Crippen LogP contribution in [0.1, 0.15) is 36.5 Å². The summed E-state index contributed by atoms with van der Waals surface area (Å²) in [6, 6.07) is 6.47. The van der Waals surface area contributed by atoms with Gasteiger partial charge >= 0.3 is 5.97 Å². The minimum Gasteiger partial charge on any atom is -0.486 e. The Kier molecular flexibility index (Phi) is 11.3. The number of ether oxygens (including phenoxy) is 4. The van der Waals surface area contributed by atoms with Crippen molar-refractivity contribution in [2.75, 3.05) is 33.0 Å². The third-order valence-corrected chi connectivity index (χ3v) is 4.42. The molecule has 2 rings (SSSR count). The van der Waals surface area contributed by atoms with Gasteiger partial charge in [0.2, 0.25) is 17.4 Å². The standard InChI is InChI=1S/C24H24F4O7/c1-15(29)14-34-17-6-4-16(5-7-17)20(30)3-2-9-32-11-12-33-10-8-21(31)35-24-22(27)18(25)13-19(26)23(24)28/h4-7,13H,2-3,8-12,14H2,1H3. The van der Waals surface area contributed by atoms with Crippen molar-refractivity contribution >= 4 is 17.5 Å². The van der Waals surface area contributed by atoms with E-state index in [0.717, 1.165) is 0 Å². The number of hydrogen-bond donors (Lipinski definition) is 0. The van der Waals surface area contributed by atoms with Gasteiger partial charge in [0.05, 0.1) is 26.2 Å². The second-order valence-electron chi connectivity index (χ2n) is 7.29. The van der Waals surface area contributed by atoms with E-state index in [2.05, 4.69) is 4.74 Å². The molecule has 2 aromatic rings. The first-order valence-corrected chi connectivity index (χ1v) is 10.6. The lowest BCUT2D eigenvalue weighted by atomic mass is 10.1. The molecule has 0 amide bonds. The molecule has 11 heteroatoms. The van der Waals surface area contributed by atoms with Gasteiger partial charge in [-0.05, 0) is 37.6 Å². The maximum absolute atomic E-state index is 13.5. The average Bonchev–Trinajstić information content (AvgIpc) is 2.83. The van der Waals surface area contributed by atoms with E-state index in [-0.39, 0.29) is 50.5 Å². The molecule has 0 saturated heterocycles. The number of rotatable bonds is 15. The first-order valence-electron chi connectivity index (χ1n) is 10.6. The third-order valence-electron chi connectivity index (χ3n) is 4.42. The van der Waals surface area contributed by atoms with Crippen LogP contribution in [0.15, 0.2) is 30.3 Å². The topological polar surface area (TPSA) is 88.1 Å². The lowest BCUT2D eigenvalue weighted by Gasteiger charge is -2.08. The van der Waals surface area contributed by atoms with E-state index >= 15 is 0 Å². The van der Waals surface area contributed by atoms with Crippen LogP contribution in [-0.2, 0) is 19.1 Å². The number of Topliss-reactive ketones (excluding diaryl/α,β-unsaturated/α-hetero) is 2. The number of carbonyl (C=O) groups is 3. The fraction of sp³-hybridized carbons (Fsp3) is 0.375. The summed E-state index contributed by atoms with van der Waals surface area (Å²) in [5.41, 5.74) is 0.510. The van der Waals surface area contributed by atoms with Crippen LogP contribution in [0.25, 0.3) is 0 Å². The summed E-state index contributed by atoms with van der Waals surface area (Å²) in [4.78, 5) is 34.7. The molecule has 0 heterocycles. The van der Waals surface area contributed by atoms with Crippen LogP contribution in [0, 0.1) is 23.3 Å². The molecular weight excluding hydrogens is 476 g/mol. The highest BCUT2D eigenvalue weighted by Crippen LogP contribution is 2.26. The maximum atomic E-state index is 13.5. The highest BCUT2D eigenvalue weighted by Gasteiger charge is 2.22. The van der Waals surface area contributed by atoms with E-state index < -0.39 is 41.4 Å². The Balaban J connectivity index is 1.55. The molecule has 0 aliphatic carbocycles. The van der Waals surface area contributed by atoms with E-state index in [9.17, 15) is 31.9 Å². The van der Waals surface area contributed by atoms with Gasteiger partial charge in [-0.3, -0.25) is 14.4 Å². The van der Waals surface area contributed by atoms with Crippen LogP contribution in [0.5, 0.6) is 11.5 Å². The van der Waals surface area contributed by atoms with Gasteiger partial charge in [-0.2, -0.15) is 8.78 Å². The van der Waals surface area contributed by atoms with Crippen molar-refractivity contribution < 1.29 is 50.9 Å². The van der Waals surface area contributed by atoms with Crippen molar-refractivity contribution in [1.82, 2.24) is 0 Å². The summed E-state index contributed by atoms with van der Waals surface area (Å²) in [5, 5.41) is 0. The smallest absolute Gasteiger partial charge is 0.313 e. The summed E-state index contributed by atoms with van der Waals surface area (Å²) < 4.78 is 73.2. The molecule has 0 radical (unpaired) electrons. The molecule has 0 aliphatic rings. The molecule has 7 nitrogen and oxygen atoms in total. The Bertz CT molecular complexity index is 999. The second-order valence-corrected chi connectivity index (χ2v) is 7.29. The van der Waals surface area contributed by atoms with E-state index in [1.807, 2.05) is 0 Å². The van der Waals surface area contributed by atoms with Crippen LogP contribution < -0.4 is 9.47 Å². The van der Waals surface area contributed by atoms with E-state index in [1.54, 1.807) is 24.3 Å². The van der Waals surface area contributed by atoms with Gasteiger partial charge in [-0.15, -0.1) is 0 Å². The Labute approximate surface area is 198 Å². The molecule has 0 aliphatic heterocycles. The Morgan fingerprint density at radius 3 is 2.00 bits per heavy atom. The molecule has 0 spiro atoms. The highest BCUT2D eigenvalue weighted by molar-refractivity contribution is 5.96. The number of esters is 1. The second kappa shape index (κ2) is 14.2. The van der Waals surface area contributed by atoms with Gasteiger partial charge in [-0.1, -0.05) is 0 Å². The Morgan fingerprint density at radius 2 is 1.40 bits per heavy atom. The molecule has 0 bridgehead atoms. The van der Waals surface area contributed by atoms with E-state index in [4.69, 9.17) is 14.2 Å². The quantitative estimate of drug-likeness (QED) is 0.0905. The number of benzene rings is 2. The minimum atomic E-state index is -1.80. The summed E-state index contributed by atoms with van der Waals surface area (Å²) in [7, 11) is 0. The molecular formula is C24H24F4O7. The predicted octanol–water partition coefficient (Wildman–Crippen LogP) is 4.20. The lowest BCUT2D eigenvalue weighted by Crippen LogP contribution is -2.15. The van der Waals surface area contributed by atoms with E-state index in [1.165, 1.54) is 6.92 Å². The Morgan fingerprint density at radius 1 is 0.800 bits per heavy atom. The zero-order valence-corrected chi connectivity index (χ0v) is 18.9. The number of carbonyl (C=O) groups excluding carboxylic acids is 3. The minimum absolute atomic E-state index is 0.00697. The fourth-order valence-corrected chi connectivity index (χ4v) is 2.68. The van der Waals surface area contributed by atoms with Crippen molar-refractivity contribution in [3.63, 3.8) is 0 Å². The normalized spacial score (nSPS) is 10.8. The van der Waals surface area contributed by atoms with Crippen LogP contribution >= 0.6 is 0 Å². The monoisotopic (exact) mass is 500 g/mol. The van der Waals surface area contributed by atoms with Crippen LogP contribution in [-0.4, -0.2) is 50.6 Å². The molecule has 0 saturated carbocycles. The first-order chi connectivity index (χ1) is 16.7. The number of ketones is 2. The van der Waals surface area contributed by atoms with Crippen molar-refractivity contribution in [2.24, 2.45) is 0 Å². The molecule has 0 atom stereocenters. The van der Waals surface area contributed by atoms with Gasteiger partial charge in [0.1, 0.15) is 12.4 Å². The Hall–Kier alpha value is -3.31. The van der Waals surface area contributed by atoms with Crippen molar-refractivity contribution in [1.29, 1.82) is 0 Å². The average molecular weight is 500 g/mol. The van der Waals surface area contributed by atoms with E-state index in [0.29, 0.717) is 24.3 Å². The molecule has 190 valence electrons. The maximum Gasteiger partial charge on any atom is 0.313 e. The number of halogens is 4. The molecule has 0 fully saturated rings. The first kappa shape index (κ1) is 27.9. The number of hydrogen-bond acceptors (Lipinski definition) is 7. The van der Waals surface area contributed by atoms with Crippen LogP contribution in [0.4, 0.5) is 17.6 Å². The molecule has 2 aromatic carbocycles. The zero-order valence-electron chi connectivity index (χ0n) is 18.9. The summed E-state index contributed by atoms with van der Waals surface area (Å²) in [6.07, 6.45) is 0.313. The highest BCUT2D eigenvalue weighted by atomic mass is 19.2. The van der Waals surface area contributed by atoms with Crippen LogP contribution in [0.2, 0.25) is 0 Å². The molecule has 35 heavy (non-hydrogen) atoms. The van der Waals surface area contributed by atoms with Gasteiger partial charge < -0.3 is 18.9 Å². The van der Waals surface area contributed by atoms with Gasteiger partial charge in [0.15, 0.2) is 23.2 Å². The third kappa shape index (κ3) is 9.45. The molecule has 0 unspecified atom stereocenters. The largest absolute Gasteiger partial charge is 0.486 e. The van der Waals surface area contributed by atoms with Crippen molar-refractivity contribution in [3.8, 4) is 11.5 Å². The van der Waals surface area contributed by atoms with Crippen LogP contribution in [0.3, 0.4) is 0 Å². The SMILES string of the molecule is CC(=O)COc1ccc(C(=O)CCCOCCOCCC(=O)Oc2c(F)c(F)cc(F)c2F)cc1. The molecule has 0 aromatic heterocycles. The van der Waals surface area contributed by atoms with Crippen molar-refractivity contribution in [3.05, 3.63) is 59.2 Å². The summed E-state index contributed by atoms with van der Waals surface area (Å²) in [5.74, 6) is -9.24. The summed E-state index contributed by atoms with van der Waals surface area (Å²) in [6.45, 7) is 1.77. The van der Waals surface area contributed by atoms with Gasteiger partial charge in [0.25, 0.3) is 0 Å². The molecule has 0 N–H and O–H groups in total. The van der Waals surface area contributed by atoms with Gasteiger partial charge in [-0.25, -0.2) is 8.78 Å². The summed E-state index contributed by atoms with van der Waals surface area (Å²) >= 11 is 0. The lowest BCUT2D eigenvalue weighted by molar-refractivity contribution is -0.136.